The van der Waals surface area contributed by atoms with Gasteiger partial charge in [0, 0.05) is 26.8 Å². The minimum Gasteiger partial charge on any atom is -0.484 e. The molecule has 1 fully saturated rings. The summed E-state index contributed by atoms with van der Waals surface area (Å²) in [5, 5.41) is 0. The maximum Gasteiger partial charge on any atom is 0.260 e. The number of anilines is 1. The highest BCUT2D eigenvalue weighted by molar-refractivity contribution is 5.78. The Bertz CT molecular complexity index is 708. The molecule has 0 spiro atoms. The van der Waals surface area contributed by atoms with E-state index in [4.69, 9.17) is 9.47 Å². The van der Waals surface area contributed by atoms with E-state index < -0.39 is 0 Å². The summed E-state index contributed by atoms with van der Waals surface area (Å²) < 4.78 is 11.3. The number of carbonyl (C=O) groups is 1. The van der Waals surface area contributed by atoms with Gasteiger partial charge >= 0.3 is 0 Å². The van der Waals surface area contributed by atoms with Gasteiger partial charge in [0.15, 0.2) is 6.61 Å². The standard InChI is InChI=1S/C18H22N4O3/c1-21(2)18-19-9-8-15(20-18)16-12-22(10-11-24-16)17(23)13-25-14-6-4-3-5-7-14/h3-9,16H,10-13H2,1-2H3/t16-/m0/s1. The number of aromatic nitrogens is 2. The molecule has 1 aliphatic heterocycles. The molecule has 1 aromatic carbocycles. The first-order chi connectivity index (χ1) is 12.1. The number of nitrogens with zero attached hydrogens (tertiary/aromatic N) is 4. The number of hydrogen-bond donors (Lipinski definition) is 0. The average Bonchev–Trinajstić information content (AvgIpc) is 2.67. The number of benzene rings is 1. The molecule has 1 atom stereocenters. The lowest BCUT2D eigenvalue weighted by Gasteiger charge is -2.32. The van der Waals surface area contributed by atoms with Gasteiger partial charge in [-0.05, 0) is 18.2 Å². The summed E-state index contributed by atoms with van der Waals surface area (Å²) in [5.74, 6) is 1.25. The highest BCUT2D eigenvalue weighted by Gasteiger charge is 2.27. The van der Waals surface area contributed by atoms with Crippen molar-refractivity contribution in [1.29, 1.82) is 0 Å². The Hall–Kier alpha value is -2.67. The second-order valence-corrected chi connectivity index (χ2v) is 5.98. The van der Waals surface area contributed by atoms with Crippen LogP contribution in [-0.4, -0.2) is 61.2 Å². The van der Waals surface area contributed by atoms with Crippen molar-refractivity contribution in [2.24, 2.45) is 0 Å². The molecule has 7 heteroatoms. The Morgan fingerprint density at radius 3 is 2.88 bits per heavy atom. The van der Waals surface area contributed by atoms with Crippen LogP contribution in [0.1, 0.15) is 11.8 Å². The van der Waals surface area contributed by atoms with Gasteiger partial charge in [-0.25, -0.2) is 9.97 Å². The van der Waals surface area contributed by atoms with Gasteiger partial charge in [-0.1, -0.05) is 18.2 Å². The van der Waals surface area contributed by atoms with Crippen molar-refractivity contribution in [3.63, 3.8) is 0 Å². The molecular weight excluding hydrogens is 320 g/mol. The molecule has 1 aliphatic rings. The van der Waals surface area contributed by atoms with Gasteiger partial charge in [-0.3, -0.25) is 4.79 Å². The van der Waals surface area contributed by atoms with E-state index in [-0.39, 0.29) is 18.6 Å². The largest absolute Gasteiger partial charge is 0.484 e. The van der Waals surface area contributed by atoms with E-state index in [0.717, 1.165) is 5.69 Å². The average molecular weight is 342 g/mol. The maximum absolute atomic E-state index is 12.4. The van der Waals surface area contributed by atoms with Crippen LogP contribution in [0.2, 0.25) is 0 Å². The van der Waals surface area contributed by atoms with Gasteiger partial charge in [-0.15, -0.1) is 0 Å². The lowest BCUT2D eigenvalue weighted by Crippen LogP contribution is -2.44. The molecule has 25 heavy (non-hydrogen) atoms. The second-order valence-electron chi connectivity index (χ2n) is 5.98. The molecule has 1 aromatic heterocycles. The fourth-order valence-electron chi connectivity index (χ4n) is 2.56. The van der Waals surface area contributed by atoms with Crippen molar-refractivity contribution in [2.45, 2.75) is 6.10 Å². The molecule has 1 saturated heterocycles. The van der Waals surface area contributed by atoms with E-state index in [0.29, 0.717) is 31.4 Å². The molecule has 0 unspecified atom stereocenters. The van der Waals surface area contributed by atoms with Crippen LogP contribution in [0.3, 0.4) is 0 Å². The molecule has 2 heterocycles. The van der Waals surface area contributed by atoms with E-state index in [2.05, 4.69) is 9.97 Å². The van der Waals surface area contributed by atoms with Crippen molar-refractivity contribution >= 4 is 11.9 Å². The van der Waals surface area contributed by atoms with Gasteiger partial charge in [0.25, 0.3) is 5.91 Å². The van der Waals surface area contributed by atoms with Crippen LogP contribution in [0.25, 0.3) is 0 Å². The second kappa shape index (κ2) is 7.94. The number of morpholine rings is 1. The molecule has 0 N–H and O–H groups in total. The Balaban J connectivity index is 1.60. The summed E-state index contributed by atoms with van der Waals surface area (Å²) in [6.07, 6.45) is 1.46. The van der Waals surface area contributed by atoms with Crippen molar-refractivity contribution in [1.82, 2.24) is 14.9 Å². The summed E-state index contributed by atoms with van der Waals surface area (Å²) >= 11 is 0. The van der Waals surface area contributed by atoms with Gasteiger partial charge in [0.2, 0.25) is 5.95 Å². The molecule has 2 aromatic rings. The zero-order chi connectivity index (χ0) is 17.6. The summed E-state index contributed by atoms with van der Waals surface area (Å²) in [5.41, 5.74) is 0.778. The lowest BCUT2D eigenvalue weighted by atomic mass is 10.2. The van der Waals surface area contributed by atoms with E-state index in [1.165, 1.54) is 0 Å². The summed E-state index contributed by atoms with van der Waals surface area (Å²) in [6.45, 7) is 1.51. The predicted octanol–water partition coefficient (Wildman–Crippen LogP) is 1.52. The quantitative estimate of drug-likeness (QED) is 0.821. The van der Waals surface area contributed by atoms with Crippen LogP contribution >= 0.6 is 0 Å². The maximum atomic E-state index is 12.4. The fraction of sp³-hybridized carbons (Fsp3) is 0.389. The van der Waals surface area contributed by atoms with Crippen LogP contribution in [-0.2, 0) is 9.53 Å². The third-order valence-electron chi connectivity index (χ3n) is 3.92. The highest BCUT2D eigenvalue weighted by atomic mass is 16.5. The van der Waals surface area contributed by atoms with E-state index in [9.17, 15) is 4.79 Å². The van der Waals surface area contributed by atoms with Gasteiger partial charge in [-0.2, -0.15) is 0 Å². The van der Waals surface area contributed by atoms with Crippen LogP contribution < -0.4 is 9.64 Å². The van der Waals surface area contributed by atoms with Gasteiger partial charge < -0.3 is 19.3 Å². The third-order valence-corrected chi connectivity index (χ3v) is 3.92. The van der Waals surface area contributed by atoms with Gasteiger partial charge in [0.05, 0.1) is 18.8 Å². The topological polar surface area (TPSA) is 67.8 Å². The van der Waals surface area contributed by atoms with Crippen LogP contribution in [0.5, 0.6) is 5.75 Å². The van der Waals surface area contributed by atoms with E-state index in [1.807, 2.05) is 55.4 Å². The SMILES string of the molecule is CN(C)c1nccc([C@@H]2CN(C(=O)COc3ccccc3)CCO2)n1. The van der Waals surface area contributed by atoms with Gasteiger partial charge in [0.1, 0.15) is 11.9 Å². The number of amides is 1. The number of ether oxygens (including phenoxy) is 2. The normalized spacial score (nSPS) is 17.2. The Kier molecular flexibility index (Phi) is 5.45. The fourth-order valence-corrected chi connectivity index (χ4v) is 2.56. The van der Waals surface area contributed by atoms with Crippen molar-refractivity contribution in [3.8, 4) is 5.75 Å². The third kappa shape index (κ3) is 4.45. The summed E-state index contributed by atoms with van der Waals surface area (Å²) in [6, 6.07) is 11.2. The molecule has 3 rings (SSSR count). The minimum absolute atomic E-state index is 0.0173. The van der Waals surface area contributed by atoms with E-state index in [1.54, 1.807) is 11.1 Å². The first-order valence-corrected chi connectivity index (χ1v) is 8.21. The smallest absolute Gasteiger partial charge is 0.260 e. The Labute approximate surface area is 147 Å². The molecule has 132 valence electrons. The molecule has 0 aliphatic carbocycles. The lowest BCUT2D eigenvalue weighted by molar-refractivity contribution is -0.141. The highest BCUT2D eigenvalue weighted by Crippen LogP contribution is 2.21. The van der Waals surface area contributed by atoms with Crippen LogP contribution in [0.4, 0.5) is 5.95 Å². The number of hydrogen-bond acceptors (Lipinski definition) is 6. The zero-order valence-corrected chi connectivity index (χ0v) is 14.5. The first kappa shape index (κ1) is 17.2. The number of rotatable bonds is 5. The van der Waals surface area contributed by atoms with Crippen LogP contribution in [0.15, 0.2) is 42.6 Å². The molecule has 0 saturated carbocycles. The monoisotopic (exact) mass is 342 g/mol. The summed E-state index contributed by atoms with van der Waals surface area (Å²) in [7, 11) is 3.77. The Morgan fingerprint density at radius 1 is 1.32 bits per heavy atom. The zero-order valence-electron chi connectivity index (χ0n) is 14.5. The van der Waals surface area contributed by atoms with E-state index >= 15 is 0 Å². The summed E-state index contributed by atoms with van der Waals surface area (Å²) in [4.78, 5) is 24.7. The number of carbonyl (C=O) groups excluding carboxylic acids is 1. The molecule has 1 amide bonds. The Morgan fingerprint density at radius 2 is 2.12 bits per heavy atom. The van der Waals surface area contributed by atoms with Crippen molar-refractivity contribution in [2.75, 3.05) is 45.3 Å². The molecule has 7 nitrogen and oxygen atoms in total. The predicted molar refractivity (Wildman–Crippen MR) is 93.6 cm³/mol. The molecule has 0 bridgehead atoms. The van der Waals surface area contributed by atoms with Crippen molar-refractivity contribution in [3.05, 3.63) is 48.3 Å². The minimum atomic E-state index is -0.254. The van der Waals surface area contributed by atoms with Crippen molar-refractivity contribution < 1.29 is 14.3 Å². The first-order valence-electron chi connectivity index (χ1n) is 8.21. The molecular formula is C18H22N4O3. The molecule has 0 radical (unpaired) electrons. The number of para-hydroxylation sites is 1. The van der Waals surface area contributed by atoms with Crippen LogP contribution in [0, 0.1) is 0 Å².